The highest BCUT2D eigenvalue weighted by molar-refractivity contribution is 6.07. The maximum absolute atomic E-state index is 12.9. The Kier molecular flexibility index (Phi) is 4.34. The van der Waals surface area contributed by atoms with Crippen LogP contribution in [-0.2, 0) is 9.59 Å². The molecule has 3 aliphatic rings. The number of rotatable bonds is 3. The van der Waals surface area contributed by atoms with E-state index in [2.05, 4.69) is 5.32 Å². The third kappa shape index (κ3) is 2.95. The second-order valence-electron chi connectivity index (χ2n) is 7.55. The summed E-state index contributed by atoms with van der Waals surface area (Å²) in [6.45, 7) is 4.99. The highest BCUT2D eigenvalue weighted by Gasteiger charge is 2.51. The smallest absolute Gasteiger partial charge is 0.325 e. The Morgan fingerprint density at radius 3 is 2.35 bits per heavy atom. The van der Waals surface area contributed by atoms with E-state index in [0.717, 1.165) is 38.5 Å². The second-order valence-corrected chi connectivity index (χ2v) is 7.55. The van der Waals surface area contributed by atoms with Crippen LogP contribution in [0.15, 0.2) is 0 Å². The molecule has 1 saturated carbocycles. The minimum Gasteiger partial charge on any atom is -0.340 e. The first kappa shape index (κ1) is 16.3. The SMILES string of the molecule is CC(C)N1CC(CN2C(=O)NC3(CCCCCC3)C2=O)CC1=O. The van der Waals surface area contributed by atoms with Crippen LogP contribution in [0.3, 0.4) is 0 Å². The average Bonchev–Trinajstić information content (AvgIpc) is 2.84. The third-order valence-electron chi connectivity index (χ3n) is 5.51. The largest absolute Gasteiger partial charge is 0.340 e. The van der Waals surface area contributed by atoms with E-state index in [1.54, 1.807) is 0 Å². The van der Waals surface area contributed by atoms with Crippen molar-refractivity contribution < 1.29 is 14.4 Å². The van der Waals surface area contributed by atoms with Crippen molar-refractivity contribution in [3.05, 3.63) is 0 Å². The quantitative estimate of drug-likeness (QED) is 0.807. The minimum absolute atomic E-state index is 0.0560. The van der Waals surface area contributed by atoms with Crippen molar-refractivity contribution in [1.82, 2.24) is 15.1 Å². The Bertz CT molecular complexity index is 509. The molecular weight excluding hydrogens is 294 g/mol. The van der Waals surface area contributed by atoms with Crippen molar-refractivity contribution in [3.8, 4) is 0 Å². The number of likely N-dealkylation sites (tertiary alicyclic amines) is 1. The fourth-order valence-electron chi connectivity index (χ4n) is 4.20. The summed E-state index contributed by atoms with van der Waals surface area (Å²) in [4.78, 5) is 40.5. The lowest BCUT2D eigenvalue weighted by atomic mass is 9.90. The van der Waals surface area contributed by atoms with Gasteiger partial charge in [-0.3, -0.25) is 14.5 Å². The van der Waals surface area contributed by atoms with E-state index in [1.165, 1.54) is 4.90 Å². The van der Waals surface area contributed by atoms with E-state index in [9.17, 15) is 14.4 Å². The molecule has 2 saturated heterocycles. The number of nitrogens with one attached hydrogen (secondary N) is 1. The van der Waals surface area contributed by atoms with E-state index in [1.807, 2.05) is 18.7 Å². The van der Waals surface area contributed by atoms with Crippen LogP contribution in [0.25, 0.3) is 0 Å². The minimum atomic E-state index is -0.673. The Labute approximate surface area is 137 Å². The molecule has 3 fully saturated rings. The first-order chi connectivity index (χ1) is 10.9. The van der Waals surface area contributed by atoms with Crippen molar-refractivity contribution in [3.63, 3.8) is 0 Å². The average molecular weight is 321 g/mol. The molecule has 1 spiro atoms. The van der Waals surface area contributed by atoms with Crippen LogP contribution in [0.1, 0.15) is 58.8 Å². The molecule has 0 bridgehead atoms. The molecule has 1 aliphatic carbocycles. The number of hydrogen-bond acceptors (Lipinski definition) is 3. The molecule has 1 N–H and O–H groups in total. The van der Waals surface area contributed by atoms with Gasteiger partial charge in [-0.1, -0.05) is 25.7 Å². The summed E-state index contributed by atoms with van der Waals surface area (Å²) in [5.41, 5.74) is -0.673. The topological polar surface area (TPSA) is 69.7 Å². The van der Waals surface area contributed by atoms with Gasteiger partial charge in [0.25, 0.3) is 5.91 Å². The Balaban J connectivity index is 1.68. The molecule has 128 valence electrons. The molecular formula is C17H27N3O3. The molecule has 1 unspecified atom stereocenters. The van der Waals surface area contributed by atoms with Gasteiger partial charge in [-0.05, 0) is 26.7 Å². The number of nitrogens with zero attached hydrogens (tertiary/aromatic N) is 2. The molecule has 2 aliphatic heterocycles. The van der Waals surface area contributed by atoms with Gasteiger partial charge in [0, 0.05) is 31.5 Å². The number of imide groups is 1. The molecule has 6 heteroatoms. The van der Waals surface area contributed by atoms with Crippen molar-refractivity contribution >= 4 is 17.8 Å². The predicted octanol–water partition coefficient (Wildman–Crippen LogP) is 1.89. The monoisotopic (exact) mass is 321 g/mol. The van der Waals surface area contributed by atoms with E-state index in [4.69, 9.17) is 0 Å². The van der Waals surface area contributed by atoms with Gasteiger partial charge in [0.2, 0.25) is 5.91 Å². The van der Waals surface area contributed by atoms with Crippen LogP contribution in [0.2, 0.25) is 0 Å². The fourth-order valence-corrected chi connectivity index (χ4v) is 4.20. The molecule has 4 amide bonds. The first-order valence-electron chi connectivity index (χ1n) is 8.86. The lowest BCUT2D eigenvalue weighted by molar-refractivity contribution is -0.132. The summed E-state index contributed by atoms with van der Waals surface area (Å²) < 4.78 is 0. The van der Waals surface area contributed by atoms with E-state index >= 15 is 0 Å². The molecule has 2 heterocycles. The van der Waals surface area contributed by atoms with Gasteiger partial charge >= 0.3 is 6.03 Å². The van der Waals surface area contributed by atoms with Crippen LogP contribution in [0, 0.1) is 5.92 Å². The molecule has 0 aromatic rings. The zero-order valence-corrected chi connectivity index (χ0v) is 14.1. The summed E-state index contributed by atoms with van der Waals surface area (Å²) >= 11 is 0. The van der Waals surface area contributed by atoms with Crippen molar-refractivity contribution in [2.24, 2.45) is 5.92 Å². The van der Waals surface area contributed by atoms with Crippen LogP contribution in [-0.4, -0.2) is 52.3 Å². The van der Waals surface area contributed by atoms with Crippen LogP contribution >= 0.6 is 0 Å². The Morgan fingerprint density at radius 2 is 1.78 bits per heavy atom. The summed E-state index contributed by atoms with van der Waals surface area (Å²) in [7, 11) is 0. The van der Waals surface area contributed by atoms with E-state index in [0.29, 0.717) is 19.5 Å². The Morgan fingerprint density at radius 1 is 1.13 bits per heavy atom. The maximum atomic E-state index is 12.9. The number of hydrogen-bond donors (Lipinski definition) is 1. The van der Waals surface area contributed by atoms with Gasteiger partial charge in [-0.15, -0.1) is 0 Å². The van der Waals surface area contributed by atoms with E-state index < -0.39 is 5.54 Å². The van der Waals surface area contributed by atoms with Gasteiger partial charge in [-0.2, -0.15) is 0 Å². The number of carbonyl (C=O) groups is 3. The standard InChI is InChI=1S/C17H27N3O3/c1-12(2)19-10-13(9-14(19)21)11-20-15(22)17(18-16(20)23)7-5-3-4-6-8-17/h12-13H,3-11H2,1-2H3,(H,18,23). The molecule has 0 aromatic carbocycles. The summed E-state index contributed by atoms with van der Waals surface area (Å²) in [5, 5.41) is 2.97. The fraction of sp³-hybridized carbons (Fsp3) is 0.824. The molecule has 23 heavy (non-hydrogen) atoms. The van der Waals surface area contributed by atoms with Crippen molar-refractivity contribution in [2.75, 3.05) is 13.1 Å². The molecule has 6 nitrogen and oxygen atoms in total. The molecule has 3 rings (SSSR count). The van der Waals surface area contributed by atoms with E-state index in [-0.39, 0.29) is 29.8 Å². The zero-order valence-electron chi connectivity index (χ0n) is 14.1. The van der Waals surface area contributed by atoms with Gasteiger partial charge in [-0.25, -0.2) is 4.79 Å². The maximum Gasteiger partial charge on any atom is 0.325 e. The Hall–Kier alpha value is -1.59. The van der Waals surface area contributed by atoms with Gasteiger partial charge < -0.3 is 10.2 Å². The van der Waals surface area contributed by atoms with Gasteiger partial charge in [0.05, 0.1) is 0 Å². The van der Waals surface area contributed by atoms with Crippen LogP contribution in [0.5, 0.6) is 0 Å². The molecule has 1 atom stereocenters. The van der Waals surface area contributed by atoms with Gasteiger partial charge in [0.15, 0.2) is 0 Å². The number of carbonyl (C=O) groups excluding carboxylic acids is 3. The summed E-state index contributed by atoms with van der Waals surface area (Å²) in [6, 6.07) is -0.101. The third-order valence-corrected chi connectivity index (χ3v) is 5.51. The zero-order chi connectivity index (χ0) is 16.6. The highest BCUT2D eigenvalue weighted by atomic mass is 16.2. The van der Waals surface area contributed by atoms with Crippen LogP contribution in [0.4, 0.5) is 4.79 Å². The van der Waals surface area contributed by atoms with Crippen molar-refractivity contribution in [2.45, 2.75) is 70.4 Å². The lowest BCUT2D eigenvalue weighted by Gasteiger charge is -2.25. The lowest BCUT2D eigenvalue weighted by Crippen LogP contribution is -2.46. The summed E-state index contributed by atoms with van der Waals surface area (Å²) in [6.07, 6.45) is 6.16. The number of urea groups is 1. The highest BCUT2D eigenvalue weighted by Crippen LogP contribution is 2.33. The van der Waals surface area contributed by atoms with Crippen LogP contribution < -0.4 is 5.32 Å². The summed E-state index contributed by atoms with van der Waals surface area (Å²) in [5.74, 6) is 0.113. The predicted molar refractivity (Wildman–Crippen MR) is 85.6 cm³/mol. The normalized spacial score (nSPS) is 28.0. The second kappa shape index (κ2) is 6.13. The number of amides is 4. The molecule has 0 radical (unpaired) electrons. The van der Waals surface area contributed by atoms with Gasteiger partial charge in [0.1, 0.15) is 5.54 Å². The first-order valence-corrected chi connectivity index (χ1v) is 8.86. The molecule has 0 aromatic heterocycles. The van der Waals surface area contributed by atoms with Crippen molar-refractivity contribution in [1.29, 1.82) is 0 Å².